The highest BCUT2D eigenvalue weighted by atomic mass is 35.5. The van der Waals surface area contributed by atoms with Gasteiger partial charge in [0.15, 0.2) is 6.10 Å². The van der Waals surface area contributed by atoms with Gasteiger partial charge in [-0.3, -0.25) is 4.79 Å². The summed E-state index contributed by atoms with van der Waals surface area (Å²) in [5, 5.41) is 20.0. The molecule has 0 aliphatic carbocycles. The molecule has 1 aromatic heterocycles. The number of aliphatic carboxylic acids is 1. The van der Waals surface area contributed by atoms with E-state index in [1.807, 2.05) is 0 Å². The maximum Gasteiger partial charge on any atom is 0.332 e. The first-order valence-corrected chi connectivity index (χ1v) is 5.68. The SMILES string of the molecule is O=C(NCC[C@H](O)C(=O)O)c1cc(Cl)nc(Cl)c1. The van der Waals surface area contributed by atoms with Crippen LogP contribution in [0.15, 0.2) is 12.1 Å². The molecule has 0 saturated heterocycles. The largest absolute Gasteiger partial charge is 0.479 e. The minimum absolute atomic E-state index is 0.0177. The lowest BCUT2D eigenvalue weighted by Gasteiger charge is -2.07. The molecule has 0 spiro atoms. The van der Waals surface area contributed by atoms with E-state index in [1.54, 1.807) is 0 Å². The standard InChI is InChI=1S/C10H10Cl2N2O4/c11-7-3-5(4-8(12)14-7)9(16)13-2-1-6(15)10(17)18/h3-4,6,15H,1-2H2,(H,13,16)(H,17,18)/t6-/m0/s1. The third-order valence-electron chi connectivity index (χ3n) is 2.01. The van der Waals surface area contributed by atoms with E-state index in [-0.39, 0.29) is 28.8 Å². The molecule has 0 unspecified atom stereocenters. The number of carbonyl (C=O) groups is 2. The monoisotopic (exact) mass is 292 g/mol. The number of nitrogens with one attached hydrogen (secondary N) is 1. The fraction of sp³-hybridized carbons (Fsp3) is 0.300. The second-order valence-electron chi connectivity index (χ2n) is 3.40. The lowest BCUT2D eigenvalue weighted by Crippen LogP contribution is -2.30. The van der Waals surface area contributed by atoms with E-state index < -0.39 is 18.0 Å². The van der Waals surface area contributed by atoms with Gasteiger partial charge in [0.1, 0.15) is 10.3 Å². The number of carbonyl (C=O) groups excluding carboxylic acids is 1. The Morgan fingerprint density at radius 1 is 1.33 bits per heavy atom. The van der Waals surface area contributed by atoms with E-state index in [1.165, 1.54) is 12.1 Å². The van der Waals surface area contributed by atoms with Crippen molar-refractivity contribution in [2.45, 2.75) is 12.5 Å². The molecule has 1 amide bonds. The quantitative estimate of drug-likeness (QED) is 0.702. The van der Waals surface area contributed by atoms with E-state index >= 15 is 0 Å². The second kappa shape index (κ2) is 6.53. The van der Waals surface area contributed by atoms with Gasteiger partial charge >= 0.3 is 5.97 Å². The summed E-state index contributed by atoms with van der Waals surface area (Å²) < 4.78 is 0. The van der Waals surface area contributed by atoms with Crippen LogP contribution in [-0.2, 0) is 4.79 Å². The van der Waals surface area contributed by atoms with Crippen molar-refractivity contribution in [1.82, 2.24) is 10.3 Å². The molecule has 1 aromatic rings. The summed E-state index contributed by atoms with van der Waals surface area (Å²) in [5.41, 5.74) is 0.213. The van der Waals surface area contributed by atoms with E-state index in [2.05, 4.69) is 10.3 Å². The van der Waals surface area contributed by atoms with Gasteiger partial charge in [-0.15, -0.1) is 0 Å². The smallest absolute Gasteiger partial charge is 0.332 e. The molecule has 0 aromatic carbocycles. The first kappa shape index (κ1) is 14.7. The zero-order chi connectivity index (χ0) is 13.7. The van der Waals surface area contributed by atoms with E-state index in [0.29, 0.717) is 0 Å². The summed E-state index contributed by atoms with van der Waals surface area (Å²) >= 11 is 11.3. The van der Waals surface area contributed by atoms with Crippen LogP contribution in [0.1, 0.15) is 16.8 Å². The van der Waals surface area contributed by atoms with Gasteiger partial charge in [-0.1, -0.05) is 23.2 Å². The third-order valence-corrected chi connectivity index (χ3v) is 2.40. The zero-order valence-electron chi connectivity index (χ0n) is 9.06. The number of amides is 1. The van der Waals surface area contributed by atoms with Crippen LogP contribution in [0, 0.1) is 0 Å². The minimum Gasteiger partial charge on any atom is -0.479 e. The summed E-state index contributed by atoms with van der Waals surface area (Å²) in [6, 6.07) is 2.66. The molecule has 1 atom stereocenters. The fourth-order valence-electron chi connectivity index (χ4n) is 1.14. The van der Waals surface area contributed by atoms with Crippen LogP contribution in [0.5, 0.6) is 0 Å². The highest BCUT2D eigenvalue weighted by molar-refractivity contribution is 6.33. The number of halogens is 2. The van der Waals surface area contributed by atoms with Gasteiger partial charge in [0.25, 0.3) is 5.91 Å². The fourth-order valence-corrected chi connectivity index (χ4v) is 1.60. The van der Waals surface area contributed by atoms with Gasteiger partial charge in [0.05, 0.1) is 0 Å². The van der Waals surface area contributed by atoms with Crippen molar-refractivity contribution >= 4 is 35.1 Å². The Balaban J connectivity index is 2.53. The zero-order valence-corrected chi connectivity index (χ0v) is 10.6. The number of hydrogen-bond donors (Lipinski definition) is 3. The normalized spacial score (nSPS) is 11.9. The Kier molecular flexibility index (Phi) is 5.33. The van der Waals surface area contributed by atoms with Gasteiger partial charge in [0, 0.05) is 18.5 Å². The third kappa shape index (κ3) is 4.48. The Hall–Kier alpha value is -1.37. The molecule has 0 radical (unpaired) electrons. The molecule has 18 heavy (non-hydrogen) atoms. The van der Waals surface area contributed by atoms with Crippen LogP contribution in [0.4, 0.5) is 0 Å². The number of carboxylic acid groups (broad SMARTS) is 1. The molecular weight excluding hydrogens is 283 g/mol. The van der Waals surface area contributed by atoms with Crippen molar-refractivity contribution in [2.75, 3.05) is 6.54 Å². The summed E-state index contributed by atoms with van der Waals surface area (Å²) in [5.74, 6) is -1.81. The predicted octanol–water partition coefficient (Wildman–Crippen LogP) is 0.954. The molecule has 1 rings (SSSR count). The lowest BCUT2D eigenvalue weighted by atomic mass is 10.2. The summed E-state index contributed by atoms with van der Waals surface area (Å²) in [6.07, 6.45) is -1.59. The van der Waals surface area contributed by atoms with Crippen LogP contribution in [0.25, 0.3) is 0 Å². The number of aliphatic hydroxyl groups excluding tert-OH is 1. The van der Waals surface area contributed by atoms with Gasteiger partial charge in [-0.25, -0.2) is 9.78 Å². The topological polar surface area (TPSA) is 99.5 Å². The van der Waals surface area contributed by atoms with Gasteiger partial charge in [0.2, 0.25) is 0 Å². The Morgan fingerprint density at radius 3 is 2.39 bits per heavy atom. The lowest BCUT2D eigenvalue weighted by molar-refractivity contribution is -0.146. The van der Waals surface area contributed by atoms with Crippen molar-refractivity contribution in [2.24, 2.45) is 0 Å². The first-order valence-electron chi connectivity index (χ1n) is 4.92. The Bertz CT molecular complexity index is 447. The molecule has 6 nitrogen and oxygen atoms in total. The van der Waals surface area contributed by atoms with Crippen molar-refractivity contribution in [3.63, 3.8) is 0 Å². The van der Waals surface area contributed by atoms with Crippen LogP contribution in [0.3, 0.4) is 0 Å². The average Bonchev–Trinajstić information content (AvgIpc) is 2.27. The average molecular weight is 293 g/mol. The predicted molar refractivity (Wildman–Crippen MR) is 64.8 cm³/mol. The molecule has 0 bridgehead atoms. The van der Waals surface area contributed by atoms with Crippen molar-refractivity contribution in [1.29, 1.82) is 0 Å². The van der Waals surface area contributed by atoms with Gasteiger partial charge < -0.3 is 15.5 Å². The molecule has 0 aliphatic heterocycles. The van der Waals surface area contributed by atoms with E-state index in [9.17, 15) is 9.59 Å². The number of aromatic nitrogens is 1. The first-order chi connectivity index (χ1) is 8.40. The number of hydrogen-bond acceptors (Lipinski definition) is 4. The molecule has 98 valence electrons. The number of carboxylic acids is 1. The molecule has 1 heterocycles. The molecule has 3 N–H and O–H groups in total. The van der Waals surface area contributed by atoms with Crippen molar-refractivity contribution in [3.05, 3.63) is 28.0 Å². The molecule has 0 saturated carbocycles. The maximum atomic E-state index is 11.6. The maximum absolute atomic E-state index is 11.6. The van der Waals surface area contributed by atoms with Gasteiger partial charge in [-0.2, -0.15) is 0 Å². The molecule has 0 fully saturated rings. The van der Waals surface area contributed by atoms with Crippen molar-refractivity contribution < 1.29 is 19.8 Å². The molecule has 8 heteroatoms. The Morgan fingerprint density at radius 2 is 1.89 bits per heavy atom. The summed E-state index contributed by atoms with van der Waals surface area (Å²) in [6.45, 7) is 0.0177. The van der Waals surface area contributed by atoms with Crippen LogP contribution >= 0.6 is 23.2 Å². The number of aliphatic hydroxyl groups is 1. The van der Waals surface area contributed by atoms with Crippen LogP contribution < -0.4 is 5.32 Å². The van der Waals surface area contributed by atoms with Gasteiger partial charge in [-0.05, 0) is 12.1 Å². The second-order valence-corrected chi connectivity index (χ2v) is 4.17. The van der Waals surface area contributed by atoms with E-state index in [0.717, 1.165) is 0 Å². The van der Waals surface area contributed by atoms with E-state index in [4.69, 9.17) is 33.4 Å². The van der Waals surface area contributed by atoms with Crippen molar-refractivity contribution in [3.8, 4) is 0 Å². The summed E-state index contributed by atoms with van der Waals surface area (Å²) in [7, 11) is 0. The molecule has 0 aliphatic rings. The highest BCUT2D eigenvalue weighted by Crippen LogP contribution is 2.14. The van der Waals surface area contributed by atoms with Crippen LogP contribution in [-0.4, -0.2) is 39.7 Å². The van der Waals surface area contributed by atoms with Crippen LogP contribution in [0.2, 0.25) is 10.3 Å². The Labute approximate surface area is 113 Å². The highest BCUT2D eigenvalue weighted by Gasteiger charge is 2.14. The summed E-state index contributed by atoms with van der Waals surface area (Å²) in [4.78, 5) is 25.6. The molecular formula is C10H10Cl2N2O4. The number of pyridine rings is 1. The minimum atomic E-state index is -1.50. The number of nitrogens with zero attached hydrogens (tertiary/aromatic N) is 1. The number of rotatable bonds is 5.